The van der Waals surface area contributed by atoms with E-state index in [-0.39, 0.29) is 12.0 Å². The monoisotopic (exact) mass is 313 g/mol. The first-order chi connectivity index (χ1) is 10.5. The van der Waals surface area contributed by atoms with Crippen molar-refractivity contribution in [1.82, 2.24) is 15.1 Å². The first kappa shape index (κ1) is 16.0. The molecule has 2 aromatic rings. The van der Waals surface area contributed by atoms with Crippen LogP contribution in [0.5, 0.6) is 0 Å². The molecule has 0 aliphatic rings. The highest BCUT2D eigenvalue weighted by Gasteiger charge is 2.18. The Kier molecular flexibility index (Phi) is 5.16. The third-order valence-corrected chi connectivity index (χ3v) is 3.05. The zero-order chi connectivity index (χ0) is 16.1. The molecule has 1 atom stereocenters. The first-order valence-electron chi connectivity index (χ1n) is 6.53. The Morgan fingerprint density at radius 1 is 1.32 bits per heavy atom. The summed E-state index contributed by atoms with van der Waals surface area (Å²) in [6.07, 6.45) is 3.32. The van der Waals surface area contributed by atoms with E-state index in [1.807, 2.05) is 0 Å². The Balaban J connectivity index is 2.01. The third kappa shape index (κ3) is 3.85. The number of aromatic nitrogens is 2. The molecule has 0 bridgehead atoms. The number of aliphatic hydroxyl groups excluding tert-OH is 1. The maximum atomic E-state index is 13.2. The second kappa shape index (κ2) is 7.08. The molecule has 1 heterocycles. The molecule has 0 spiro atoms. The van der Waals surface area contributed by atoms with E-state index in [2.05, 4.69) is 10.4 Å². The van der Waals surface area contributed by atoms with Gasteiger partial charge in [0.1, 0.15) is 0 Å². The van der Waals surface area contributed by atoms with Gasteiger partial charge < -0.3 is 10.4 Å². The molecule has 1 amide bonds. The number of carbonyl (C=O) groups excluding carboxylic acids is 1. The van der Waals surface area contributed by atoms with Crippen LogP contribution < -0.4 is 5.32 Å². The number of hydrogen-bond donors (Lipinski definition) is 2. The first-order valence-corrected chi connectivity index (χ1v) is 6.53. The van der Waals surface area contributed by atoms with Crippen LogP contribution in [0.1, 0.15) is 18.0 Å². The van der Waals surface area contributed by atoms with Gasteiger partial charge in [0.15, 0.2) is 17.5 Å². The van der Waals surface area contributed by atoms with Gasteiger partial charge in [0, 0.05) is 25.4 Å². The zero-order valence-corrected chi connectivity index (χ0v) is 11.5. The highest BCUT2D eigenvalue weighted by Crippen LogP contribution is 2.19. The SMILES string of the molecule is O=C(CCn1cccn1)NC(CO)c1cc(F)c(F)c(F)c1. The number of nitrogens with zero attached hydrogens (tertiary/aromatic N) is 2. The molecule has 0 saturated carbocycles. The predicted octanol–water partition coefficient (Wildman–Crippen LogP) is 1.54. The summed E-state index contributed by atoms with van der Waals surface area (Å²) in [5.74, 6) is -4.77. The zero-order valence-electron chi connectivity index (χ0n) is 11.5. The molecule has 0 saturated heterocycles. The summed E-state index contributed by atoms with van der Waals surface area (Å²) in [6.45, 7) is -0.249. The van der Waals surface area contributed by atoms with Crippen LogP contribution in [0.15, 0.2) is 30.6 Å². The van der Waals surface area contributed by atoms with E-state index in [1.165, 1.54) is 0 Å². The highest BCUT2D eigenvalue weighted by atomic mass is 19.2. The van der Waals surface area contributed by atoms with Crippen molar-refractivity contribution in [2.75, 3.05) is 6.61 Å². The molecule has 1 unspecified atom stereocenters. The van der Waals surface area contributed by atoms with Crippen LogP contribution in [0.2, 0.25) is 0 Å². The summed E-state index contributed by atoms with van der Waals surface area (Å²) >= 11 is 0. The number of carbonyl (C=O) groups is 1. The number of rotatable bonds is 6. The molecule has 0 aliphatic carbocycles. The van der Waals surface area contributed by atoms with Gasteiger partial charge in [-0.25, -0.2) is 13.2 Å². The quantitative estimate of drug-likeness (QED) is 0.795. The fourth-order valence-corrected chi connectivity index (χ4v) is 1.93. The lowest BCUT2D eigenvalue weighted by Gasteiger charge is -2.17. The molecular weight excluding hydrogens is 299 g/mol. The summed E-state index contributed by atoms with van der Waals surface area (Å²) in [6, 6.07) is 2.17. The molecule has 2 rings (SSSR count). The van der Waals surface area contributed by atoms with Gasteiger partial charge in [-0.2, -0.15) is 5.10 Å². The maximum Gasteiger partial charge on any atom is 0.222 e. The number of hydrogen-bond acceptors (Lipinski definition) is 3. The molecule has 1 aromatic carbocycles. The fraction of sp³-hybridized carbons (Fsp3) is 0.286. The van der Waals surface area contributed by atoms with Gasteiger partial charge in [-0.15, -0.1) is 0 Å². The van der Waals surface area contributed by atoms with Gasteiger partial charge in [0.25, 0.3) is 0 Å². The van der Waals surface area contributed by atoms with E-state index in [0.29, 0.717) is 6.54 Å². The molecule has 0 aliphatic heterocycles. The average Bonchev–Trinajstić information content (AvgIpc) is 3.01. The predicted molar refractivity (Wildman–Crippen MR) is 71.1 cm³/mol. The van der Waals surface area contributed by atoms with Crippen LogP contribution in [0.25, 0.3) is 0 Å². The van der Waals surface area contributed by atoms with Crippen LogP contribution in [-0.2, 0) is 11.3 Å². The van der Waals surface area contributed by atoms with Crippen molar-refractivity contribution in [2.45, 2.75) is 19.0 Å². The minimum atomic E-state index is -1.59. The van der Waals surface area contributed by atoms with Crippen LogP contribution in [0, 0.1) is 17.5 Å². The normalized spacial score (nSPS) is 12.2. The summed E-state index contributed by atoms with van der Waals surface area (Å²) in [4.78, 5) is 11.8. The Morgan fingerprint density at radius 3 is 2.55 bits per heavy atom. The number of halogens is 3. The fourth-order valence-electron chi connectivity index (χ4n) is 1.93. The van der Waals surface area contributed by atoms with Crippen LogP contribution in [0.3, 0.4) is 0 Å². The van der Waals surface area contributed by atoms with Gasteiger partial charge in [0.2, 0.25) is 5.91 Å². The van der Waals surface area contributed by atoms with Crippen molar-refractivity contribution in [3.63, 3.8) is 0 Å². The Labute approximate surface area is 124 Å². The van der Waals surface area contributed by atoms with Gasteiger partial charge >= 0.3 is 0 Å². The van der Waals surface area contributed by atoms with E-state index in [1.54, 1.807) is 23.1 Å². The maximum absolute atomic E-state index is 13.2. The number of amides is 1. The van der Waals surface area contributed by atoms with Crippen molar-refractivity contribution >= 4 is 5.91 Å². The van der Waals surface area contributed by atoms with E-state index < -0.39 is 36.0 Å². The molecule has 5 nitrogen and oxygen atoms in total. The second-order valence-electron chi connectivity index (χ2n) is 4.62. The minimum Gasteiger partial charge on any atom is -0.394 e. The van der Waals surface area contributed by atoms with E-state index >= 15 is 0 Å². The third-order valence-electron chi connectivity index (χ3n) is 3.05. The summed E-state index contributed by atoms with van der Waals surface area (Å²) in [7, 11) is 0. The van der Waals surface area contributed by atoms with Crippen LogP contribution >= 0.6 is 0 Å². The Bertz CT molecular complexity index is 624. The smallest absolute Gasteiger partial charge is 0.222 e. The molecule has 1 aromatic heterocycles. The molecule has 118 valence electrons. The summed E-state index contributed by atoms with van der Waals surface area (Å²) in [5.41, 5.74) is -0.0497. The lowest BCUT2D eigenvalue weighted by molar-refractivity contribution is -0.122. The Morgan fingerprint density at radius 2 is 2.00 bits per heavy atom. The highest BCUT2D eigenvalue weighted by molar-refractivity contribution is 5.76. The largest absolute Gasteiger partial charge is 0.394 e. The molecular formula is C14H14F3N3O2. The summed E-state index contributed by atoms with van der Waals surface area (Å²) < 4.78 is 40.8. The van der Waals surface area contributed by atoms with Gasteiger partial charge in [-0.3, -0.25) is 9.48 Å². The van der Waals surface area contributed by atoms with E-state index in [4.69, 9.17) is 0 Å². The molecule has 0 radical (unpaired) electrons. The molecule has 0 fully saturated rings. The molecule has 8 heteroatoms. The van der Waals surface area contributed by atoms with Crippen molar-refractivity contribution in [1.29, 1.82) is 0 Å². The lowest BCUT2D eigenvalue weighted by Crippen LogP contribution is -2.31. The van der Waals surface area contributed by atoms with Gasteiger partial charge in [0.05, 0.1) is 12.6 Å². The van der Waals surface area contributed by atoms with E-state index in [9.17, 15) is 23.1 Å². The lowest BCUT2D eigenvalue weighted by atomic mass is 10.1. The second-order valence-corrected chi connectivity index (χ2v) is 4.62. The van der Waals surface area contributed by atoms with Gasteiger partial charge in [-0.1, -0.05) is 0 Å². The number of aryl methyl sites for hydroxylation is 1. The standard InChI is InChI=1S/C14H14F3N3O2/c15-10-6-9(7-11(16)14(10)17)12(8-21)19-13(22)2-5-20-4-1-3-18-20/h1,3-4,6-7,12,21H,2,5,8H2,(H,19,22). The van der Waals surface area contributed by atoms with Crippen LogP contribution in [-0.4, -0.2) is 27.4 Å². The van der Waals surface area contributed by atoms with E-state index in [0.717, 1.165) is 12.1 Å². The molecule has 22 heavy (non-hydrogen) atoms. The molecule has 2 N–H and O–H groups in total. The number of benzene rings is 1. The number of aliphatic hydroxyl groups is 1. The van der Waals surface area contributed by atoms with Crippen molar-refractivity contribution in [3.8, 4) is 0 Å². The average molecular weight is 313 g/mol. The summed E-state index contributed by atoms with van der Waals surface area (Å²) in [5, 5.41) is 15.6. The number of nitrogens with one attached hydrogen (secondary N) is 1. The minimum absolute atomic E-state index is 0.0497. The topological polar surface area (TPSA) is 67.2 Å². The van der Waals surface area contributed by atoms with Crippen molar-refractivity contribution in [3.05, 3.63) is 53.6 Å². The Hall–Kier alpha value is -2.35. The van der Waals surface area contributed by atoms with Crippen molar-refractivity contribution < 1.29 is 23.1 Å². The van der Waals surface area contributed by atoms with Crippen LogP contribution in [0.4, 0.5) is 13.2 Å². The van der Waals surface area contributed by atoms with Crippen molar-refractivity contribution in [2.24, 2.45) is 0 Å². The van der Waals surface area contributed by atoms with Gasteiger partial charge in [-0.05, 0) is 23.8 Å².